The molecule has 1 aromatic carbocycles. The molecule has 0 radical (unpaired) electrons. The lowest BCUT2D eigenvalue weighted by atomic mass is 10.3. The highest BCUT2D eigenvalue weighted by atomic mass is 35.5. The fraction of sp³-hybridized carbons (Fsp3) is 0.333. The SMILES string of the molecule is CCNC(=O)COc1ccc(NC(=O)CN)cc1.Cl. The lowest BCUT2D eigenvalue weighted by Crippen LogP contribution is -2.28. The van der Waals surface area contributed by atoms with Crippen LogP contribution in [0.4, 0.5) is 5.69 Å². The first-order chi connectivity index (χ1) is 8.65. The second-order valence-electron chi connectivity index (χ2n) is 3.52. The molecule has 0 spiro atoms. The van der Waals surface area contributed by atoms with Gasteiger partial charge in [0, 0.05) is 12.2 Å². The van der Waals surface area contributed by atoms with Crippen LogP contribution in [0.5, 0.6) is 5.75 Å². The Bertz CT molecular complexity index is 409. The Labute approximate surface area is 118 Å². The van der Waals surface area contributed by atoms with E-state index >= 15 is 0 Å². The molecule has 1 rings (SSSR count). The van der Waals surface area contributed by atoms with Crippen molar-refractivity contribution in [2.45, 2.75) is 6.92 Å². The predicted molar refractivity (Wildman–Crippen MR) is 75.6 cm³/mol. The summed E-state index contributed by atoms with van der Waals surface area (Å²) < 4.78 is 5.26. The van der Waals surface area contributed by atoms with Crippen LogP contribution in [0.1, 0.15) is 6.92 Å². The zero-order chi connectivity index (χ0) is 13.4. The summed E-state index contributed by atoms with van der Waals surface area (Å²) in [6.07, 6.45) is 0. The van der Waals surface area contributed by atoms with Crippen LogP contribution in [0.3, 0.4) is 0 Å². The van der Waals surface area contributed by atoms with E-state index in [9.17, 15) is 9.59 Å². The monoisotopic (exact) mass is 287 g/mol. The van der Waals surface area contributed by atoms with Gasteiger partial charge in [-0.05, 0) is 31.2 Å². The van der Waals surface area contributed by atoms with Crippen molar-refractivity contribution in [3.63, 3.8) is 0 Å². The number of carbonyl (C=O) groups is 2. The Kier molecular flexibility index (Phi) is 8.32. The van der Waals surface area contributed by atoms with Gasteiger partial charge in [-0.1, -0.05) is 0 Å². The first kappa shape index (κ1) is 17.2. The lowest BCUT2D eigenvalue weighted by Gasteiger charge is -2.07. The molecule has 0 aliphatic rings. The van der Waals surface area contributed by atoms with Gasteiger partial charge in [0.1, 0.15) is 5.75 Å². The Morgan fingerprint density at radius 1 is 1.21 bits per heavy atom. The minimum Gasteiger partial charge on any atom is -0.484 e. The third kappa shape index (κ3) is 6.64. The molecule has 4 N–H and O–H groups in total. The number of anilines is 1. The third-order valence-corrected chi connectivity index (χ3v) is 2.07. The van der Waals surface area contributed by atoms with Gasteiger partial charge in [0.2, 0.25) is 5.91 Å². The first-order valence-corrected chi connectivity index (χ1v) is 5.65. The highest BCUT2D eigenvalue weighted by Gasteiger charge is 2.02. The van der Waals surface area contributed by atoms with Crippen molar-refractivity contribution in [2.24, 2.45) is 5.73 Å². The molecule has 7 heteroatoms. The smallest absolute Gasteiger partial charge is 0.257 e. The molecular weight excluding hydrogens is 270 g/mol. The van der Waals surface area contributed by atoms with E-state index in [4.69, 9.17) is 10.5 Å². The standard InChI is InChI=1S/C12H17N3O3.ClH/c1-2-14-12(17)8-18-10-5-3-9(4-6-10)15-11(16)7-13;/h3-6H,2,7-8,13H2,1H3,(H,14,17)(H,15,16);1H. The van der Waals surface area contributed by atoms with E-state index in [2.05, 4.69) is 10.6 Å². The molecule has 1 aromatic rings. The van der Waals surface area contributed by atoms with E-state index in [-0.39, 0.29) is 37.4 Å². The summed E-state index contributed by atoms with van der Waals surface area (Å²) in [4.78, 5) is 22.2. The van der Waals surface area contributed by atoms with Gasteiger partial charge in [0.05, 0.1) is 6.54 Å². The summed E-state index contributed by atoms with van der Waals surface area (Å²) in [5.74, 6) is 0.135. The zero-order valence-electron chi connectivity index (χ0n) is 10.6. The van der Waals surface area contributed by atoms with Crippen molar-refractivity contribution in [1.82, 2.24) is 5.32 Å². The predicted octanol–water partition coefficient (Wildman–Crippen LogP) is 0.520. The van der Waals surface area contributed by atoms with E-state index in [1.165, 1.54) is 0 Å². The van der Waals surface area contributed by atoms with Crippen LogP contribution in [0.15, 0.2) is 24.3 Å². The van der Waals surface area contributed by atoms with Gasteiger partial charge >= 0.3 is 0 Å². The van der Waals surface area contributed by atoms with E-state index in [0.29, 0.717) is 18.0 Å². The van der Waals surface area contributed by atoms with E-state index in [1.54, 1.807) is 24.3 Å². The molecule has 0 saturated heterocycles. The van der Waals surface area contributed by atoms with Crippen LogP contribution >= 0.6 is 12.4 Å². The van der Waals surface area contributed by atoms with Gasteiger partial charge in [-0.2, -0.15) is 0 Å². The number of nitrogens with two attached hydrogens (primary N) is 1. The topological polar surface area (TPSA) is 93.5 Å². The second kappa shape index (κ2) is 9.18. The van der Waals surface area contributed by atoms with Crippen molar-refractivity contribution >= 4 is 29.9 Å². The number of hydrogen-bond acceptors (Lipinski definition) is 4. The number of halogens is 1. The van der Waals surface area contributed by atoms with Crippen LogP contribution < -0.4 is 21.1 Å². The molecule has 0 atom stereocenters. The molecule has 0 heterocycles. The van der Waals surface area contributed by atoms with Crippen LogP contribution in [-0.4, -0.2) is 31.5 Å². The van der Waals surface area contributed by atoms with Crippen molar-refractivity contribution in [2.75, 3.05) is 25.0 Å². The van der Waals surface area contributed by atoms with Gasteiger partial charge < -0.3 is 21.1 Å². The van der Waals surface area contributed by atoms with Gasteiger partial charge in [-0.25, -0.2) is 0 Å². The van der Waals surface area contributed by atoms with Crippen LogP contribution in [0, 0.1) is 0 Å². The summed E-state index contributed by atoms with van der Waals surface area (Å²) in [5.41, 5.74) is 5.81. The molecule has 0 fully saturated rings. The molecule has 6 nitrogen and oxygen atoms in total. The van der Waals surface area contributed by atoms with Gasteiger partial charge in [-0.3, -0.25) is 9.59 Å². The number of likely N-dealkylation sites (N-methyl/N-ethyl adjacent to an activating group) is 1. The van der Waals surface area contributed by atoms with Crippen molar-refractivity contribution in [3.05, 3.63) is 24.3 Å². The van der Waals surface area contributed by atoms with Gasteiger partial charge in [0.15, 0.2) is 6.61 Å². The summed E-state index contributed by atoms with van der Waals surface area (Å²) in [7, 11) is 0. The van der Waals surface area contributed by atoms with Crippen molar-refractivity contribution in [3.8, 4) is 5.75 Å². The van der Waals surface area contributed by atoms with E-state index in [0.717, 1.165) is 0 Å². The third-order valence-electron chi connectivity index (χ3n) is 2.07. The number of ether oxygens (including phenoxy) is 1. The fourth-order valence-electron chi connectivity index (χ4n) is 1.24. The van der Waals surface area contributed by atoms with Crippen LogP contribution in [-0.2, 0) is 9.59 Å². The summed E-state index contributed by atoms with van der Waals surface area (Å²) >= 11 is 0. The number of hydrogen-bond donors (Lipinski definition) is 3. The second-order valence-corrected chi connectivity index (χ2v) is 3.52. The molecular formula is C12H18ClN3O3. The van der Waals surface area contributed by atoms with Crippen LogP contribution in [0.2, 0.25) is 0 Å². The summed E-state index contributed by atoms with van der Waals surface area (Å²) in [5, 5.41) is 5.23. The molecule has 0 aromatic heterocycles. The molecule has 106 valence electrons. The highest BCUT2D eigenvalue weighted by molar-refractivity contribution is 5.92. The Hall–Kier alpha value is -1.79. The number of benzene rings is 1. The number of rotatable bonds is 6. The quantitative estimate of drug-likeness (QED) is 0.711. The minimum atomic E-state index is -0.258. The molecule has 0 bridgehead atoms. The zero-order valence-corrected chi connectivity index (χ0v) is 11.5. The number of carbonyl (C=O) groups excluding carboxylic acids is 2. The molecule has 19 heavy (non-hydrogen) atoms. The average Bonchev–Trinajstić information content (AvgIpc) is 2.38. The first-order valence-electron chi connectivity index (χ1n) is 5.65. The van der Waals surface area contributed by atoms with Crippen LogP contribution in [0.25, 0.3) is 0 Å². The fourth-order valence-corrected chi connectivity index (χ4v) is 1.24. The van der Waals surface area contributed by atoms with Gasteiger partial charge in [0.25, 0.3) is 5.91 Å². The lowest BCUT2D eigenvalue weighted by molar-refractivity contribution is -0.123. The van der Waals surface area contributed by atoms with E-state index < -0.39 is 0 Å². The van der Waals surface area contributed by atoms with Gasteiger partial charge in [-0.15, -0.1) is 12.4 Å². The largest absolute Gasteiger partial charge is 0.484 e. The molecule has 0 aliphatic heterocycles. The van der Waals surface area contributed by atoms with Crippen molar-refractivity contribution in [1.29, 1.82) is 0 Å². The average molecular weight is 288 g/mol. The van der Waals surface area contributed by atoms with E-state index in [1.807, 2.05) is 6.92 Å². The molecule has 0 saturated carbocycles. The minimum absolute atomic E-state index is 0. The summed E-state index contributed by atoms with van der Waals surface area (Å²) in [6, 6.07) is 6.71. The maximum atomic E-state index is 11.2. The normalized spacial score (nSPS) is 9.16. The Morgan fingerprint density at radius 2 is 1.84 bits per heavy atom. The highest BCUT2D eigenvalue weighted by Crippen LogP contribution is 2.15. The van der Waals surface area contributed by atoms with Crippen molar-refractivity contribution < 1.29 is 14.3 Å². The molecule has 0 aliphatic carbocycles. The Morgan fingerprint density at radius 3 is 2.37 bits per heavy atom. The Balaban J connectivity index is 0.00000324. The summed E-state index contributed by atoms with van der Waals surface area (Å²) in [6.45, 7) is 2.33. The number of nitrogens with one attached hydrogen (secondary N) is 2. The maximum Gasteiger partial charge on any atom is 0.257 e. The molecule has 0 unspecified atom stereocenters. The number of amides is 2. The maximum absolute atomic E-state index is 11.2. The molecule has 2 amide bonds.